The molecule has 0 aromatic carbocycles. The van der Waals surface area contributed by atoms with Crippen LogP contribution in [-0.2, 0) is 4.57 Å². The molecule has 6 nitrogen and oxygen atoms in total. The molecule has 0 bridgehead atoms. The molecule has 90 valence electrons. The van der Waals surface area contributed by atoms with E-state index in [4.69, 9.17) is 19.2 Å². The summed E-state index contributed by atoms with van der Waals surface area (Å²) in [6.45, 7) is 4.50. The van der Waals surface area contributed by atoms with Crippen molar-refractivity contribution in [1.29, 1.82) is 0 Å². The SMILES string of the molecule is CCCCN1C=CN(C)C1.O=P([O-])(O)O.[Na+]. The molecule has 0 aromatic heterocycles. The van der Waals surface area contributed by atoms with Crippen molar-refractivity contribution in [3.63, 3.8) is 0 Å². The Bertz CT molecular complexity index is 238. The molecular weight excluding hydrogens is 242 g/mol. The van der Waals surface area contributed by atoms with Gasteiger partial charge < -0.3 is 24.5 Å². The molecule has 0 atom stereocenters. The Morgan fingerprint density at radius 3 is 2.25 bits per heavy atom. The minimum absolute atomic E-state index is 0. The van der Waals surface area contributed by atoms with Crippen LogP contribution in [0.2, 0.25) is 0 Å². The van der Waals surface area contributed by atoms with Crippen molar-refractivity contribution in [3.05, 3.63) is 12.4 Å². The Hall–Kier alpha value is 0.450. The summed E-state index contributed by atoms with van der Waals surface area (Å²) in [5, 5.41) is 0. The molecule has 0 radical (unpaired) electrons. The maximum Gasteiger partial charge on any atom is 1.00 e. The smallest absolute Gasteiger partial charge is 0.756 e. The van der Waals surface area contributed by atoms with Gasteiger partial charge in [-0.1, -0.05) is 13.3 Å². The first kappa shape index (κ1) is 18.8. The van der Waals surface area contributed by atoms with Crippen molar-refractivity contribution in [3.8, 4) is 0 Å². The van der Waals surface area contributed by atoms with Crippen molar-refractivity contribution in [1.82, 2.24) is 9.80 Å². The molecule has 0 aromatic rings. The molecule has 1 rings (SSSR count). The van der Waals surface area contributed by atoms with Crippen LogP contribution in [0.5, 0.6) is 0 Å². The van der Waals surface area contributed by atoms with Gasteiger partial charge in [-0.2, -0.15) is 0 Å². The van der Waals surface area contributed by atoms with Crippen molar-refractivity contribution in [2.24, 2.45) is 0 Å². The molecule has 1 aliphatic heterocycles. The fourth-order valence-electron chi connectivity index (χ4n) is 1.10. The summed E-state index contributed by atoms with van der Waals surface area (Å²) in [7, 11) is -2.79. The predicted octanol–water partition coefficient (Wildman–Crippen LogP) is -3.09. The minimum atomic E-state index is -4.89. The number of hydrogen-bond acceptors (Lipinski definition) is 4. The first-order valence-electron chi connectivity index (χ1n) is 4.72. The van der Waals surface area contributed by atoms with Crippen LogP contribution in [0.15, 0.2) is 12.4 Å². The van der Waals surface area contributed by atoms with Crippen molar-refractivity contribution in [2.45, 2.75) is 19.8 Å². The van der Waals surface area contributed by atoms with E-state index in [0.717, 1.165) is 6.67 Å². The van der Waals surface area contributed by atoms with Gasteiger partial charge in [-0.05, 0) is 6.42 Å². The second-order valence-electron chi connectivity index (χ2n) is 3.35. The molecule has 0 aliphatic carbocycles. The predicted molar refractivity (Wildman–Crippen MR) is 55.4 cm³/mol. The van der Waals surface area contributed by atoms with E-state index in [2.05, 4.69) is 36.2 Å². The van der Waals surface area contributed by atoms with Crippen LogP contribution in [0.1, 0.15) is 19.8 Å². The molecular formula is C8H18N2NaO4P. The third kappa shape index (κ3) is 14.5. The molecule has 16 heavy (non-hydrogen) atoms. The molecule has 1 aliphatic rings. The Balaban J connectivity index is 0. The van der Waals surface area contributed by atoms with Gasteiger partial charge in [0.2, 0.25) is 0 Å². The van der Waals surface area contributed by atoms with Gasteiger partial charge >= 0.3 is 29.6 Å². The normalized spacial score (nSPS) is 14.3. The minimum Gasteiger partial charge on any atom is -0.756 e. The average molecular weight is 260 g/mol. The van der Waals surface area contributed by atoms with Gasteiger partial charge in [0.1, 0.15) is 0 Å². The molecule has 0 fully saturated rings. The quantitative estimate of drug-likeness (QED) is 0.413. The first-order valence-corrected chi connectivity index (χ1v) is 6.25. The molecule has 0 saturated heterocycles. The first-order chi connectivity index (χ1) is 6.83. The zero-order chi connectivity index (χ0) is 11.9. The van der Waals surface area contributed by atoms with Gasteiger partial charge in [0, 0.05) is 26.0 Å². The van der Waals surface area contributed by atoms with Crippen LogP contribution in [0.4, 0.5) is 0 Å². The molecule has 8 heteroatoms. The molecule has 2 N–H and O–H groups in total. The number of phosphoric acid groups is 1. The topological polar surface area (TPSA) is 87.1 Å². The Kier molecular flexibility index (Phi) is 11.1. The fraction of sp³-hybridized carbons (Fsp3) is 0.750. The van der Waals surface area contributed by atoms with E-state index in [1.165, 1.54) is 19.4 Å². The van der Waals surface area contributed by atoms with E-state index in [0.29, 0.717) is 0 Å². The maximum atomic E-state index is 8.77. The summed E-state index contributed by atoms with van der Waals surface area (Å²) in [5.74, 6) is 0. The third-order valence-electron chi connectivity index (χ3n) is 1.74. The van der Waals surface area contributed by atoms with Crippen LogP contribution < -0.4 is 34.5 Å². The summed E-state index contributed by atoms with van der Waals surface area (Å²) in [4.78, 5) is 27.5. The largest absolute Gasteiger partial charge is 1.00 e. The molecule has 0 amide bonds. The molecule has 0 unspecified atom stereocenters. The molecule has 0 saturated carbocycles. The van der Waals surface area contributed by atoms with E-state index < -0.39 is 7.82 Å². The van der Waals surface area contributed by atoms with Crippen LogP contribution in [-0.4, -0.2) is 39.8 Å². The Morgan fingerprint density at radius 1 is 1.44 bits per heavy atom. The van der Waals surface area contributed by atoms with Crippen LogP contribution in [0, 0.1) is 0 Å². The number of nitrogens with zero attached hydrogens (tertiary/aromatic N) is 2. The van der Waals surface area contributed by atoms with Crippen molar-refractivity contribution < 1.29 is 48.8 Å². The standard InChI is InChI=1S/C8H16N2.Na.H3O4P/c1-3-4-5-10-7-6-9(2)8-10;;1-5(2,3)4/h6-7H,3-5,8H2,1-2H3;;(H3,1,2,3,4)/q;+1;/p-1. The number of rotatable bonds is 3. The van der Waals surface area contributed by atoms with Gasteiger partial charge in [-0.15, -0.1) is 0 Å². The third-order valence-corrected chi connectivity index (χ3v) is 1.74. The van der Waals surface area contributed by atoms with E-state index in [-0.39, 0.29) is 29.6 Å². The number of unbranched alkanes of at least 4 members (excludes halogenated alkanes) is 1. The van der Waals surface area contributed by atoms with Gasteiger partial charge in [-0.25, -0.2) is 0 Å². The van der Waals surface area contributed by atoms with Gasteiger partial charge in [0.05, 0.1) is 6.67 Å². The van der Waals surface area contributed by atoms with Crippen LogP contribution in [0.25, 0.3) is 0 Å². The summed E-state index contributed by atoms with van der Waals surface area (Å²) < 4.78 is 8.77. The van der Waals surface area contributed by atoms with Gasteiger partial charge in [-0.3, -0.25) is 4.57 Å². The zero-order valence-corrected chi connectivity index (χ0v) is 12.9. The second kappa shape index (κ2) is 9.48. The van der Waals surface area contributed by atoms with E-state index in [1.807, 2.05) is 0 Å². The van der Waals surface area contributed by atoms with Gasteiger partial charge in [0.15, 0.2) is 0 Å². The molecule has 0 spiro atoms. The van der Waals surface area contributed by atoms with Crippen molar-refractivity contribution in [2.75, 3.05) is 20.3 Å². The summed E-state index contributed by atoms with van der Waals surface area (Å²) in [5.41, 5.74) is 0. The van der Waals surface area contributed by atoms with Crippen LogP contribution >= 0.6 is 7.82 Å². The fourth-order valence-corrected chi connectivity index (χ4v) is 1.10. The number of hydrogen-bond donors (Lipinski definition) is 2. The monoisotopic (exact) mass is 260 g/mol. The zero-order valence-electron chi connectivity index (χ0n) is 10.0. The van der Waals surface area contributed by atoms with E-state index in [9.17, 15) is 0 Å². The van der Waals surface area contributed by atoms with Crippen molar-refractivity contribution >= 4 is 7.82 Å². The molecule has 1 heterocycles. The van der Waals surface area contributed by atoms with E-state index in [1.54, 1.807) is 0 Å². The Morgan fingerprint density at radius 2 is 1.94 bits per heavy atom. The van der Waals surface area contributed by atoms with E-state index >= 15 is 0 Å². The van der Waals surface area contributed by atoms with Crippen LogP contribution in [0.3, 0.4) is 0 Å². The second-order valence-corrected chi connectivity index (χ2v) is 4.33. The summed E-state index contributed by atoms with van der Waals surface area (Å²) in [6, 6.07) is 0. The average Bonchev–Trinajstić information content (AvgIpc) is 2.45. The van der Waals surface area contributed by atoms with Gasteiger partial charge in [0.25, 0.3) is 7.82 Å². The maximum absolute atomic E-state index is 8.77. The summed E-state index contributed by atoms with van der Waals surface area (Å²) in [6.07, 6.45) is 6.87. The Labute approximate surface area is 118 Å². The summed E-state index contributed by atoms with van der Waals surface area (Å²) >= 11 is 0.